The molecule has 0 saturated carbocycles. The van der Waals surface area contributed by atoms with Crippen molar-refractivity contribution in [1.29, 1.82) is 0 Å². The van der Waals surface area contributed by atoms with Gasteiger partial charge >= 0.3 is 0 Å². The second-order valence-corrected chi connectivity index (χ2v) is 3.57. The van der Waals surface area contributed by atoms with Gasteiger partial charge in [0.05, 0.1) is 0 Å². The van der Waals surface area contributed by atoms with E-state index >= 15 is 0 Å². The minimum Gasteiger partial charge on any atom is -0.297 e. The van der Waals surface area contributed by atoms with Gasteiger partial charge in [0.15, 0.2) is 0 Å². The minimum atomic E-state index is 0.981. The molecule has 0 atom stereocenters. The third-order valence-corrected chi connectivity index (χ3v) is 2.36. The molecule has 0 aromatic rings. The molecule has 0 radical (unpaired) electrons. The van der Waals surface area contributed by atoms with E-state index in [1.807, 2.05) is 13.0 Å². The molecule has 0 heterocycles. The molecule has 0 unspecified atom stereocenters. The monoisotopic (exact) mass is 203 g/mol. The highest BCUT2D eigenvalue weighted by Gasteiger charge is 1.96. The smallest absolute Gasteiger partial charge is 0.0277 e. The highest BCUT2D eigenvalue weighted by molar-refractivity contribution is 5.73. The van der Waals surface area contributed by atoms with Crippen molar-refractivity contribution < 1.29 is 0 Å². The lowest BCUT2D eigenvalue weighted by molar-refractivity contribution is 1.11. The van der Waals surface area contributed by atoms with Crippen LogP contribution < -0.4 is 0 Å². The van der Waals surface area contributed by atoms with Crippen LogP contribution in [-0.2, 0) is 0 Å². The lowest BCUT2D eigenvalue weighted by Gasteiger charge is -2.05. The van der Waals surface area contributed by atoms with Crippen LogP contribution in [-0.4, -0.2) is 13.3 Å². The first-order chi connectivity index (χ1) is 7.02. The molecule has 0 bridgehead atoms. The fourth-order valence-electron chi connectivity index (χ4n) is 1.05. The summed E-state index contributed by atoms with van der Waals surface area (Å²) in [6.07, 6.45) is 6.79. The van der Waals surface area contributed by atoms with Crippen LogP contribution in [0.1, 0.15) is 27.2 Å². The summed E-state index contributed by atoms with van der Waals surface area (Å²) in [6, 6.07) is 0. The van der Waals surface area contributed by atoms with Crippen LogP contribution in [0.25, 0.3) is 0 Å². The van der Waals surface area contributed by atoms with Crippen LogP contribution in [0.3, 0.4) is 0 Å². The van der Waals surface area contributed by atoms with E-state index in [0.717, 1.165) is 23.1 Å². The van der Waals surface area contributed by atoms with Crippen molar-refractivity contribution in [1.82, 2.24) is 0 Å². The van der Waals surface area contributed by atoms with Gasteiger partial charge in [0.1, 0.15) is 0 Å². The van der Waals surface area contributed by atoms with Crippen molar-refractivity contribution in [3.63, 3.8) is 0 Å². The van der Waals surface area contributed by atoms with E-state index in [-0.39, 0.29) is 0 Å². The number of rotatable bonds is 5. The lowest BCUT2D eigenvalue weighted by Crippen LogP contribution is -1.86. The van der Waals surface area contributed by atoms with E-state index in [4.69, 9.17) is 0 Å². The predicted octanol–water partition coefficient (Wildman–Crippen LogP) is 4.10. The van der Waals surface area contributed by atoms with Crippen molar-refractivity contribution in [2.24, 2.45) is 4.99 Å². The summed E-state index contributed by atoms with van der Waals surface area (Å²) in [5.74, 6) is 0. The molecule has 1 heteroatoms. The van der Waals surface area contributed by atoms with Gasteiger partial charge in [-0.2, -0.15) is 0 Å². The van der Waals surface area contributed by atoms with Crippen LogP contribution >= 0.6 is 0 Å². The molecule has 0 aliphatic carbocycles. The van der Waals surface area contributed by atoms with Crippen molar-refractivity contribution >= 4 is 6.21 Å². The highest BCUT2D eigenvalue weighted by Crippen LogP contribution is 2.16. The molecule has 0 fully saturated rings. The Morgan fingerprint density at radius 3 is 2.27 bits per heavy atom. The average molecular weight is 203 g/mol. The topological polar surface area (TPSA) is 12.4 Å². The Hall–Kier alpha value is -1.37. The molecule has 0 amide bonds. The van der Waals surface area contributed by atoms with E-state index in [9.17, 15) is 0 Å². The van der Waals surface area contributed by atoms with E-state index in [1.165, 1.54) is 5.57 Å². The number of aliphatic imine (C=N–C) groups is 1. The van der Waals surface area contributed by atoms with Gasteiger partial charge in [-0.25, -0.2) is 0 Å². The molecule has 82 valence electrons. The molecule has 0 N–H and O–H groups in total. The van der Waals surface area contributed by atoms with Gasteiger partial charge in [-0.05, 0) is 43.1 Å². The summed E-state index contributed by atoms with van der Waals surface area (Å²) in [5, 5.41) is 0. The Balaban J connectivity index is 4.68. The van der Waals surface area contributed by atoms with E-state index < -0.39 is 0 Å². The summed E-state index contributed by atoms with van der Waals surface area (Å²) in [6.45, 7) is 14.2. The third-order valence-electron chi connectivity index (χ3n) is 2.36. The highest BCUT2D eigenvalue weighted by atomic mass is 14.6. The third kappa shape index (κ3) is 5.16. The zero-order valence-electron chi connectivity index (χ0n) is 10.3. The van der Waals surface area contributed by atoms with E-state index in [1.54, 1.807) is 13.3 Å². The van der Waals surface area contributed by atoms with Crippen LogP contribution in [0.15, 0.2) is 52.6 Å². The molecule has 0 rings (SSSR count). The first kappa shape index (κ1) is 13.6. The summed E-state index contributed by atoms with van der Waals surface area (Å²) >= 11 is 0. The zero-order chi connectivity index (χ0) is 11.8. The first-order valence-corrected chi connectivity index (χ1v) is 5.17. The average Bonchev–Trinajstić information content (AvgIpc) is 2.24. The lowest BCUT2D eigenvalue weighted by atomic mass is 10.0. The van der Waals surface area contributed by atoms with Crippen molar-refractivity contribution in [3.8, 4) is 0 Å². The van der Waals surface area contributed by atoms with Gasteiger partial charge in [-0.3, -0.25) is 4.99 Å². The maximum absolute atomic E-state index is 4.02. The van der Waals surface area contributed by atoms with E-state index in [2.05, 4.69) is 38.1 Å². The fourth-order valence-corrected chi connectivity index (χ4v) is 1.05. The zero-order valence-corrected chi connectivity index (χ0v) is 10.3. The quantitative estimate of drug-likeness (QED) is 0.471. The molecule has 1 nitrogen and oxygen atoms in total. The van der Waals surface area contributed by atoms with Gasteiger partial charge in [-0.15, -0.1) is 0 Å². The predicted molar refractivity (Wildman–Crippen MR) is 70.5 cm³/mol. The number of nitrogens with zero attached hydrogens (tertiary/aromatic N) is 1. The molecular weight excluding hydrogens is 182 g/mol. The molecule has 0 aromatic carbocycles. The normalized spacial score (nSPS) is 13.3. The summed E-state index contributed by atoms with van der Waals surface area (Å²) < 4.78 is 0. The molecule has 0 aliphatic rings. The maximum Gasteiger partial charge on any atom is 0.0277 e. The van der Waals surface area contributed by atoms with Gasteiger partial charge in [-0.1, -0.05) is 31.7 Å². The number of hydrogen-bond donors (Lipinski definition) is 0. The number of allylic oxidation sites excluding steroid dienone is 6. The van der Waals surface area contributed by atoms with Gasteiger partial charge in [0, 0.05) is 13.3 Å². The minimum absolute atomic E-state index is 0.981. The first-order valence-electron chi connectivity index (χ1n) is 5.17. The van der Waals surface area contributed by atoms with Crippen molar-refractivity contribution in [3.05, 3.63) is 47.6 Å². The summed E-state index contributed by atoms with van der Waals surface area (Å²) in [7, 11) is 1.76. The van der Waals surface area contributed by atoms with Crippen LogP contribution in [0, 0.1) is 0 Å². The van der Waals surface area contributed by atoms with Crippen LogP contribution in [0.5, 0.6) is 0 Å². The fraction of sp³-hybridized carbons (Fsp3) is 0.357. The van der Waals surface area contributed by atoms with Gasteiger partial charge in [0.2, 0.25) is 0 Å². The Morgan fingerprint density at radius 1 is 1.20 bits per heavy atom. The standard InChI is InChI=1S/C14H21N/c1-7-11(2)13(4)10-14(5)12(3)8-9-15-6/h8-10H,2,5,7H2,1,3-4,6H3/b12-8+,13-10-,15-9?. The molecule has 0 saturated heterocycles. The molecule has 15 heavy (non-hydrogen) atoms. The summed E-state index contributed by atoms with van der Waals surface area (Å²) in [4.78, 5) is 3.91. The Labute approximate surface area is 93.6 Å². The SMILES string of the molecule is C=C(CC)/C(C)=C\C(=C)/C(C)=C/C=NC. The van der Waals surface area contributed by atoms with Crippen molar-refractivity contribution in [2.45, 2.75) is 27.2 Å². The number of hydrogen-bond acceptors (Lipinski definition) is 1. The Kier molecular flexibility index (Phi) is 6.35. The largest absolute Gasteiger partial charge is 0.297 e. The van der Waals surface area contributed by atoms with Crippen LogP contribution in [0.4, 0.5) is 0 Å². The van der Waals surface area contributed by atoms with Gasteiger partial charge < -0.3 is 0 Å². The summed E-state index contributed by atoms with van der Waals surface area (Å²) in [5.41, 5.74) is 4.50. The molecule has 0 aliphatic heterocycles. The Bertz CT molecular complexity index is 327. The van der Waals surface area contributed by atoms with Crippen LogP contribution in [0.2, 0.25) is 0 Å². The Morgan fingerprint density at radius 2 is 1.80 bits per heavy atom. The second-order valence-electron chi connectivity index (χ2n) is 3.57. The van der Waals surface area contributed by atoms with Crippen molar-refractivity contribution in [2.75, 3.05) is 7.05 Å². The molecular formula is C14H21N. The molecule has 0 aromatic heterocycles. The van der Waals surface area contributed by atoms with Gasteiger partial charge in [0.25, 0.3) is 0 Å². The maximum atomic E-state index is 4.02. The molecule has 0 spiro atoms. The van der Waals surface area contributed by atoms with E-state index in [0.29, 0.717) is 0 Å². The second kappa shape index (κ2) is 6.99.